The van der Waals surface area contributed by atoms with Crippen molar-refractivity contribution < 1.29 is 18.3 Å². The van der Waals surface area contributed by atoms with Crippen LogP contribution < -0.4 is 5.32 Å². The van der Waals surface area contributed by atoms with Gasteiger partial charge in [0.2, 0.25) is 0 Å². The molecule has 2 aromatic carbocycles. The lowest BCUT2D eigenvalue weighted by atomic mass is 10.2. The summed E-state index contributed by atoms with van der Waals surface area (Å²) >= 11 is 0. The molecule has 0 radical (unpaired) electrons. The Bertz CT molecular complexity index is 568. The monoisotopic (exact) mass is 279 g/mol. The zero-order valence-corrected chi connectivity index (χ0v) is 11.5. The number of rotatable bonds is 3. The summed E-state index contributed by atoms with van der Waals surface area (Å²) in [6.45, 7) is 1.08. The SMILES string of the molecule is C[NH2+]Cc1ccccc1.O=S(=O)([O-])c1ccccc1. The summed E-state index contributed by atoms with van der Waals surface area (Å²) in [4.78, 5) is -0.185. The molecule has 0 unspecified atom stereocenters. The lowest BCUT2D eigenvalue weighted by Gasteiger charge is -2.04. The van der Waals surface area contributed by atoms with Gasteiger partial charge in [0.1, 0.15) is 16.7 Å². The van der Waals surface area contributed by atoms with Crippen molar-refractivity contribution in [3.63, 3.8) is 0 Å². The van der Waals surface area contributed by atoms with Crippen LogP contribution in [0.15, 0.2) is 65.6 Å². The van der Waals surface area contributed by atoms with Crippen LogP contribution in [-0.2, 0) is 16.7 Å². The van der Waals surface area contributed by atoms with Crippen LogP contribution in [0.2, 0.25) is 0 Å². The summed E-state index contributed by atoms with van der Waals surface area (Å²) in [6, 6.07) is 17.6. The average Bonchev–Trinajstić information content (AvgIpc) is 2.41. The summed E-state index contributed by atoms with van der Waals surface area (Å²) in [7, 11) is -2.18. The van der Waals surface area contributed by atoms with Crippen LogP contribution in [0.5, 0.6) is 0 Å². The molecule has 0 amide bonds. The molecule has 0 aromatic heterocycles. The molecule has 0 aliphatic heterocycles. The van der Waals surface area contributed by atoms with E-state index in [0.717, 1.165) is 6.54 Å². The molecule has 2 N–H and O–H groups in total. The van der Waals surface area contributed by atoms with E-state index in [2.05, 4.69) is 36.6 Å². The molecule has 0 heterocycles. The largest absolute Gasteiger partial charge is 0.744 e. The van der Waals surface area contributed by atoms with E-state index >= 15 is 0 Å². The second kappa shape index (κ2) is 7.68. The van der Waals surface area contributed by atoms with Crippen molar-refractivity contribution >= 4 is 10.1 Å². The van der Waals surface area contributed by atoms with Crippen LogP contribution in [0.25, 0.3) is 0 Å². The first-order chi connectivity index (χ1) is 9.04. The highest BCUT2D eigenvalue weighted by Gasteiger charge is 1.95. The van der Waals surface area contributed by atoms with Gasteiger partial charge in [-0.25, -0.2) is 8.42 Å². The highest BCUT2D eigenvalue weighted by molar-refractivity contribution is 7.85. The highest BCUT2D eigenvalue weighted by atomic mass is 32.2. The quantitative estimate of drug-likeness (QED) is 0.851. The second-order valence-corrected chi connectivity index (χ2v) is 5.24. The van der Waals surface area contributed by atoms with E-state index in [1.165, 1.54) is 29.8 Å². The van der Waals surface area contributed by atoms with Gasteiger partial charge in [0.25, 0.3) is 0 Å². The van der Waals surface area contributed by atoms with Crippen LogP contribution in [-0.4, -0.2) is 20.0 Å². The van der Waals surface area contributed by atoms with E-state index in [0.29, 0.717) is 0 Å². The van der Waals surface area contributed by atoms with Crippen molar-refractivity contribution in [3.05, 3.63) is 66.2 Å². The van der Waals surface area contributed by atoms with Crippen molar-refractivity contribution in [2.24, 2.45) is 0 Å². The number of quaternary nitrogens is 1. The van der Waals surface area contributed by atoms with E-state index in [9.17, 15) is 13.0 Å². The average molecular weight is 279 g/mol. The lowest BCUT2D eigenvalue weighted by molar-refractivity contribution is -0.643. The predicted octanol–water partition coefficient (Wildman–Crippen LogP) is 0.970. The Morgan fingerprint density at radius 3 is 1.79 bits per heavy atom. The molecule has 0 saturated heterocycles. The van der Waals surface area contributed by atoms with Gasteiger partial charge in [-0.15, -0.1) is 0 Å². The number of hydrogen-bond donors (Lipinski definition) is 1. The Morgan fingerprint density at radius 2 is 1.42 bits per heavy atom. The molecule has 0 aliphatic rings. The summed E-state index contributed by atoms with van der Waals surface area (Å²) in [5, 5.41) is 2.16. The van der Waals surface area contributed by atoms with E-state index in [4.69, 9.17) is 0 Å². The molecular weight excluding hydrogens is 262 g/mol. The standard InChI is InChI=1S/C8H11N.C6H6O3S/c1-9-7-8-5-3-2-4-6-8;7-10(8,9)6-4-2-1-3-5-6/h2-6,9H,7H2,1H3;1-5H,(H,7,8,9). The van der Waals surface area contributed by atoms with Gasteiger partial charge in [-0.1, -0.05) is 48.5 Å². The lowest BCUT2D eigenvalue weighted by Crippen LogP contribution is -2.77. The molecular formula is C14H17NO3S. The van der Waals surface area contributed by atoms with Crippen molar-refractivity contribution in [2.45, 2.75) is 11.4 Å². The molecule has 0 spiro atoms. The molecule has 2 aromatic rings. The Kier molecular flexibility index (Phi) is 6.21. The first kappa shape index (κ1) is 15.4. The third-order valence-corrected chi connectivity index (χ3v) is 3.16. The van der Waals surface area contributed by atoms with Crippen LogP contribution in [0.3, 0.4) is 0 Å². The van der Waals surface area contributed by atoms with Gasteiger partial charge >= 0.3 is 0 Å². The minimum Gasteiger partial charge on any atom is -0.744 e. The summed E-state index contributed by atoms with van der Waals surface area (Å²) < 4.78 is 30.8. The molecule has 4 nitrogen and oxygen atoms in total. The van der Waals surface area contributed by atoms with E-state index in [-0.39, 0.29) is 4.90 Å². The minimum absolute atomic E-state index is 0.185. The highest BCUT2D eigenvalue weighted by Crippen LogP contribution is 2.04. The minimum atomic E-state index is -4.25. The van der Waals surface area contributed by atoms with Crippen LogP contribution in [0.1, 0.15) is 5.56 Å². The summed E-state index contributed by atoms with van der Waals surface area (Å²) in [5.74, 6) is 0. The zero-order chi connectivity index (χ0) is 14.1. The van der Waals surface area contributed by atoms with Gasteiger partial charge in [0.15, 0.2) is 0 Å². The van der Waals surface area contributed by atoms with Gasteiger partial charge in [-0.2, -0.15) is 0 Å². The number of benzene rings is 2. The van der Waals surface area contributed by atoms with Gasteiger partial charge in [0, 0.05) is 5.56 Å². The van der Waals surface area contributed by atoms with Crippen molar-refractivity contribution in [1.29, 1.82) is 0 Å². The summed E-state index contributed by atoms with van der Waals surface area (Å²) in [6.07, 6.45) is 0. The Morgan fingerprint density at radius 1 is 0.947 bits per heavy atom. The van der Waals surface area contributed by atoms with Gasteiger partial charge < -0.3 is 9.87 Å². The molecule has 0 fully saturated rings. The first-order valence-electron chi connectivity index (χ1n) is 5.86. The Labute approximate surface area is 113 Å². The maximum absolute atomic E-state index is 10.3. The summed E-state index contributed by atoms with van der Waals surface area (Å²) in [5.41, 5.74) is 1.39. The van der Waals surface area contributed by atoms with E-state index < -0.39 is 10.1 Å². The van der Waals surface area contributed by atoms with Gasteiger partial charge in [-0.3, -0.25) is 0 Å². The third-order valence-electron chi connectivity index (χ3n) is 2.31. The maximum Gasteiger partial charge on any atom is 0.124 e. The molecule has 0 saturated carbocycles. The van der Waals surface area contributed by atoms with E-state index in [1.807, 2.05) is 6.07 Å². The van der Waals surface area contributed by atoms with Crippen molar-refractivity contribution in [1.82, 2.24) is 0 Å². The van der Waals surface area contributed by atoms with Gasteiger partial charge in [-0.05, 0) is 12.1 Å². The van der Waals surface area contributed by atoms with E-state index in [1.54, 1.807) is 6.07 Å². The number of hydrogen-bond acceptors (Lipinski definition) is 3. The third kappa shape index (κ3) is 6.15. The topological polar surface area (TPSA) is 73.8 Å². The molecule has 5 heteroatoms. The molecule has 0 atom stereocenters. The Balaban J connectivity index is 0.000000191. The van der Waals surface area contributed by atoms with Crippen LogP contribution >= 0.6 is 0 Å². The molecule has 102 valence electrons. The number of nitrogens with two attached hydrogens (primary N) is 1. The fourth-order valence-corrected chi connectivity index (χ4v) is 1.93. The first-order valence-corrected chi connectivity index (χ1v) is 7.27. The fraction of sp³-hybridized carbons (Fsp3) is 0.143. The molecule has 0 bridgehead atoms. The fourth-order valence-electron chi connectivity index (χ4n) is 1.44. The smallest absolute Gasteiger partial charge is 0.124 e. The normalized spacial score (nSPS) is 10.4. The maximum atomic E-state index is 10.3. The molecule has 2 rings (SSSR count). The van der Waals surface area contributed by atoms with Crippen molar-refractivity contribution in [3.8, 4) is 0 Å². The zero-order valence-electron chi connectivity index (χ0n) is 10.7. The van der Waals surface area contributed by atoms with Crippen LogP contribution in [0.4, 0.5) is 0 Å². The molecule has 19 heavy (non-hydrogen) atoms. The Hall–Kier alpha value is -1.69. The predicted molar refractivity (Wildman–Crippen MR) is 72.4 cm³/mol. The van der Waals surface area contributed by atoms with Crippen LogP contribution in [0, 0.1) is 0 Å². The second-order valence-electron chi connectivity index (χ2n) is 3.87. The molecule has 0 aliphatic carbocycles. The van der Waals surface area contributed by atoms with Crippen molar-refractivity contribution in [2.75, 3.05) is 7.05 Å². The van der Waals surface area contributed by atoms with Gasteiger partial charge in [0.05, 0.1) is 11.9 Å².